The van der Waals surface area contributed by atoms with Crippen molar-refractivity contribution in [3.8, 4) is 11.5 Å². The van der Waals surface area contributed by atoms with Crippen LogP contribution in [-0.4, -0.2) is 43.1 Å². The van der Waals surface area contributed by atoms with E-state index in [1.807, 2.05) is 0 Å². The fourth-order valence-electron chi connectivity index (χ4n) is 3.08. The fraction of sp³-hybridized carbons (Fsp3) is 0.167. The summed E-state index contributed by atoms with van der Waals surface area (Å²) in [5, 5.41) is 14.3. The van der Waals surface area contributed by atoms with Gasteiger partial charge in [-0.25, -0.2) is 18.2 Å². The second-order valence-electron chi connectivity index (χ2n) is 7.24. The molecule has 3 aromatic rings. The molecule has 0 atom stereocenters. The lowest BCUT2D eigenvalue weighted by molar-refractivity contribution is -0.121. The molecule has 3 rings (SSSR count). The van der Waals surface area contributed by atoms with Gasteiger partial charge in [-0.1, -0.05) is 35.9 Å². The Labute approximate surface area is 207 Å². The molecule has 2 N–H and O–H groups in total. The molecule has 0 fully saturated rings. The average molecular weight is 520 g/mol. The van der Waals surface area contributed by atoms with Crippen molar-refractivity contribution in [2.24, 2.45) is 5.10 Å². The molecule has 1 amide bonds. The van der Waals surface area contributed by atoms with E-state index in [0.717, 1.165) is 4.31 Å². The van der Waals surface area contributed by atoms with Crippen LogP contribution >= 0.6 is 11.6 Å². The molecule has 0 aliphatic heterocycles. The van der Waals surface area contributed by atoms with Crippen LogP contribution in [-0.2, 0) is 21.4 Å². The average Bonchev–Trinajstić information content (AvgIpc) is 2.82. The molecule has 35 heavy (non-hydrogen) atoms. The summed E-state index contributed by atoms with van der Waals surface area (Å²) in [6, 6.07) is 15.9. The van der Waals surface area contributed by atoms with Gasteiger partial charge in [0.25, 0.3) is 5.91 Å². The quantitative estimate of drug-likeness (QED) is 0.312. The third kappa shape index (κ3) is 6.78. The lowest BCUT2D eigenvalue weighted by Gasteiger charge is -2.21. The number of para-hydroxylation sites is 1. The topological polar surface area (TPSA) is 108 Å². The van der Waals surface area contributed by atoms with Crippen LogP contribution in [0, 0.1) is 5.82 Å². The maximum Gasteiger partial charge on any atom is 0.255 e. The van der Waals surface area contributed by atoms with Crippen molar-refractivity contribution in [2.75, 3.05) is 13.2 Å². The Hall–Kier alpha value is -3.47. The minimum atomic E-state index is -4.18. The molecule has 0 spiro atoms. The summed E-state index contributed by atoms with van der Waals surface area (Å²) in [5.41, 5.74) is 2.61. The molecule has 8 nitrogen and oxygen atoms in total. The molecule has 0 heterocycles. The summed E-state index contributed by atoms with van der Waals surface area (Å²) in [6.45, 7) is 1.10. The van der Waals surface area contributed by atoms with E-state index in [2.05, 4.69) is 10.5 Å². The van der Waals surface area contributed by atoms with Gasteiger partial charge < -0.3 is 9.84 Å². The van der Waals surface area contributed by atoms with Crippen molar-refractivity contribution in [1.29, 1.82) is 0 Å². The summed E-state index contributed by atoms with van der Waals surface area (Å²) in [7, 11) is -4.18. The van der Waals surface area contributed by atoms with Crippen LogP contribution in [0.2, 0.25) is 5.02 Å². The molecule has 0 saturated carbocycles. The number of carbonyl (C=O) groups is 1. The second-order valence-corrected chi connectivity index (χ2v) is 9.61. The predicted octanol–water partition coefficient (Wildman–Crippen LogP) is 3.92. The van der Waals surface area contributed by atoms with Gasteiger partial charge in [-0.2, -0.15) is 9.41 Å². The Morgan fingerprint density at radius 3 is 2.54 bits per heavy atom. The van der Waals surface area contributed by atoms with Crippen molar-refractivity contribution in [3.05, 3.63) is 88.7 Å². The number of phenols is 1. The van der Waals surface area contributed by atoms with Gasteiger partial charge in [-0.15, -0.1) is 0 Å². The Kier molecular flexibility index (Phi) is 8.80. The minimum absolute atomic E-state index is 0.0963. The molecule has 0 radical (unpaired) electrons. The molecule has 0 aliphatic carbocycles. The zero-order valence-corrected chi connectivity index (χ0v) is 20.3. The first-order chi connectivity index (χ1) is 16.7. The normalized spacial score (nSPS) is 11.7. The lowest BCUT2D eigenvalue weighted by Crippen LogP contribution is -2.39. The van der Waals surface area contributed by atoms with E-state index >= 15 is 0 Å². The van der Waals surface area contributed by atoms with Gasteiger partial charge in [0.1, 0.15) is 5.82 Å². The molecule has 0 saturated heterocycles. The highest BCUT2D eigenvalue weighted by molar-refractivity contribution is 7.89. The first-order valence-electron chi connectivity index (χ1n) is 10.5. The molecule has 184 valence electrons. The SMILES string of the molecule is CCOc1cccc(/C=N\NC(=O)CN(Cc2ccccc2F)S(=O)(=O)c2ccc(Cl)cc2)c1O. The van der Waals surface area contributed by atoms with Crippen LogP contribution in [0.4, 0.5) is 4.39 Å². The number of hydrazone groups is 1. The molecule has 0 unspecified atom stereocenters. The van der Waals surface area contributed by atoms with Crippen molar-refractivity contribution in [1.82, 2.24) is 9.73 Å². The largest absolute Gasteiger partial charge is 0.504 e. The molecular weight excluding hydrogens is 497 g/mol. The van der Waals surface area contributed by atoms with E-state index in [1.165, 1.54) is 48.7 Å². The van der Waals surface area contributed by atoms with Crippen molar-refractivity contribution in [3.63, 3.8) is 0 Å². The highest BCUT2D eigenvalue weighted by atomic mass is 35.5. The first-order valence-corrected chi connectivity index (χ1v) is 12.3. The summed E-state index contributed by atoms with van der Waals surface area (Å²) in [4.78, 5) is 12.5. The predicted molar refractivity (Wildman–Crippen MR) is 130 cm³/mol. The van der Waals surface area contributed by atoms with Gasteiger partial charge >= 0.3 is 0 Å². The fourth-order valence-corrected chi connectivity index (χ4v) is 4.58. The Morgan fingerprint density at radius 2 is 1.86 bits per heavy atom. The van der Waals surface area contributed by atoms with Gasteiger partial charge in [-0.3, -0.25) is 4.79 Å². The van der Waals surface area contributed by atoms with Gasteiger partial charge in [0.15, 0.2) is 11.5 Å². The number of ether oxygens (including phenoxy) is 1. The maximum atomic E-state index is 14.2. The van der Waals surface area contributed by atoms with Gasteiger partial charge in [-0.05, 0) is 49.4 Å². The minimum Gasteiger partial charge on any atom is -0.504 e. The third-order valence-corrected chi connectivity index (χ3v) is 6.86. The highest BCUT2D eigenvalue weighted by Gasteiger charge is 2.27. The molecule has 11 heteroatoms. The number of carbonyl (C=O) groups excluding carboxylic acids is 1. The number of hydrogen-bond donors (Lipinski definition) is 2. The monoisotopic (exact) mass is 519 g/mol. The Bertz CT molecular complexity index is 1320. The standard InChI is InChI=1S/C24H23ClFN3O5S/c1-2-34-22-9-5-7-17(24(22)31)14-27-28-23(30)16-29(15-18-6-3-4-8-21(18)26)35(32,33)20-12-10-19(25)11-13-20/h3-14,31H,2,15-16H2,1H3,(H,28,30)/b27-14-. The number of sulfonamides is 1. The summed E-state index contributed by atoms with van der Waals surface area (Å²) in [6.07, 6.45) is 1.20. The van der Waals surface area contributed by atoms with Crippen LogP contribution < -0.4 is 10.2 Å². The van der Waals surface area contributed by atoms with E-state index in [9.17, 15) is 22.7 Å². The molecule has 0 bridgehead atoms. The van der Waals surface area contributed by atoms with E-state index < -0.39 is 28.3 Å². The summed E-state index contributed by atoms with van der Waals surface area (Å²) in [5.74, 6) is -1.27. The molecular formula is C24H23ClFN3O5S. The number of rotatable bonds is 10. The van der Waals surface area contributed by atoms with E-state index in [4.69, 9.17) is 16.3 Å². The molecule has 0 aliphatic rings. The number of nitrogens with one attached hydrogen (secondary N) is 1. The number of phenolic OH excluding ortho intramolecular Hbond substituents is 1. The van der Waals surface area contributed by atoms with Gasteiger partial charge in [0, 0.05) is 22.7 Å². The number of halogens is 2. The Morgan fingerprint density at radius 1 is 1.14 bits per heavy atom. The zero-order valence-electron chi connectivity index (χ0n) is 18.7. The van der Waals surface area contributed by atoms with Crippen molar-refractivity contribution in [2.45, 2.75) is 18.4 Å². The second kappa shape index (κ2) is 11.8. The van der Waals surface area contributed by atoms with Gasteiger partial charge in [0.05, 0.1) is 24.3 Å². The number of amides is 1. The number of aromatic hydroxyl groups is 1. The van der Waals surface area contributed by atoms with Crippen LogP contribution in [0.25, 0.3) is 0 Å². The van der Waals surface area contributed by atoms with Crippen molar-refractivity contribution < 1.29 is 27.4 Å². The van der Waals surface area contributed by atoms with Gasteiger partial charge in [0.2, 0.25) is 10.0 Å². The van der Waals surface area contributed by atoms with Crippen LogP contribution in [0.5, 0.6) is 11.5 Å². The van der Waals surface area contributed by atoms with Crippen LogP contribution in [0.15, 0.2) is 76.7 Å². The number of hydrogen-bond acceptors (Lipinski definition) is 6. The number of nitrogens with zero attached hydrogens (tertiary/aromatic N) is 2. The van der Waals surface area contributed by atoms with E-state index in [0.29, 0.717) is 11.6 Å². The molecule has 0 aromatic heterocycles. The maximum absolute atomic E-state index is 14.2. The molecule has 3 aromatic carbocycles. The van der Waals surface area contributed by atoms with E-state index in [-0.39, 0.29) is 34.1 Å². The zero-order chi connectivity index (χ0) is 25.4. The smallest absolute Gasteiger partial charge is 0.255 e. The van der Waals surface area contributed by atoms with Crippen LogP contribution in [0.1, 0.15) is 18.1 Å². The Balaban J connectivity index is 1.80. The number of benzene rings is 3. The highest BCUT2D eigenvalue weighted by Crippen LogP contribution is 2.28. The third-order valence-electron chi connectivity index (χ3n) is 4.80. The summed E-state index contributed by atoms with van der Waals surface area (Å²) >= 11 is 5.86. The van der Waals surface area contributed by atoms with Crippen molar-refractivity contribution >= 4 is 33.7 Å². The van der Waals surface area contributed by atoms with Crippen LogP contribution in [0.3, 0.4) is 0 Å². The van der Waals surface area contributed by atoms with E-state index in [1.54, 1.807) is 31.2 Å². The first kappa shape index (κ1) is 26.1. The lowest BCUT2D eigenvalue weighted by atomic mass is 10.2. The summed E-state index contributed by atoms with van der Waals surface area (Å²) < 4.78 is 46.8.